The molecule has 0 unspecified atom stereocenters. The lowest BCUT2D eigenvalue weighted by atomic mass is 9.83. The lowest BCUT2D eigenvalue weighted by molar-refractivity contribution is -0.138. The van der Waals surface area contributed by atoms with Gasteiger partial charge in [0.25, 0.3) is 5.91 Å². The van der Waals surface area contributed by atoms with Crippen molar-refractivity contribution in [2.24, 2.45) is 5.73 Å². The molecule has 9 nitrogen and oxygen atoms in total. The van der Waals surface area contributed by atoms with Crippen molar-refractivity contribution in [3.8, 4) is 11.5 Å². The van der Waals surface area contributed by atoms with E-state index in [-0.39, 0.29) is 23.8 Å². The number of hydrogen-bond acceptors (Lipinski definition) is 6. The number of nitrogens with one attached hydrogen (secondary N) is 2. The number of aliphatic carboxylic acids is 1. The number of carbonyl (C=O) groups excluding carboxylic acids is 2. The Balaban J connectivity index is 0.000000196. The number of phenols is 2. The lowest BCUT2D eigenvalue weighted by Gasteiger charge is -2.27. The minimum Gasteiger partial charge on any atom is -0.504 e. The summed E-state index contributed by atoms with van der Waals surface area (Å²) in [6.45, 7) is 0. The van der Waals surface area contributed by atoms with E-state index in [9.17, 15) is 14.4 Å². The van der Waals surface area contributed by atoms with E-state index in [0.29, 0.717) is 5.56 Å². The topological polar surface area (TPSA) is 162 Å². The van der Waals surface area contributed by atoms with Gasteiger partial charge in [0.15, 0.2) is 17.0 Å². The Kier molecular flexibility index (Phi) is 6.94. The summed E-state index contributed by atoms with van der Waals surface area (Å²) < 4.78 is 0. The summed E-state index contributed by atoms with van der Waals surface area (Å²) in [6.07, 6.45) is 0.114. The molecule has 0 spiro atoms. The second-order valence-corrected chi connectivity index (χ2v) is 7.36. The summed E-state index contributed by atoms with van der Waals surface area (Å²) >= 11 is 0. The molecule has 3 amide bonds. The fourth-order valence-electron chi connectivity index (χ4n) is 3.44. The highest BCUT2D eigenvalue weighted by Gasteiger charge is 2.48. The van der Waals surface area contributed by atoms with Gasteiger partial charge in [-0.3, -0.25) is 14.9 Å². The molecule has 170 valence electrons. The van der Waals surface area contributed by atoms with Crippen LogP contribution in [0.15, 0.2) is 78.9 Å². The van der Waals surface area contributed by atoms with Gasteiger partial charge in [0.05, 0.1) is 0 Å². The molecular formula is C24H23N3O6. The van der Waals surface area contributed by atoms with Gasteiger partial charge in [-0.2, -0.15) is 0 Å². The minimum absolute atomic E-state index is 0.114. The first kappa shape index (κ1) is 23.3. The highest BCUT2D eigenvalue weighted by molar-refractivity contribution is 6.09. The average Bonchev–Trinajstić information content (AvgIpc) is 3.12. The highest BCUT2D eigenvalue weighted by atomic mass is 16.4. The van der Waals surface area contributed by atoms with E-state index in [1.165, 1.54) is 18.2 Å². The van der Waals surface area contributed by atoms with Gasteiger partial charge in [0.1, 0.15) is 6.04 Å². The van der Waals surface area contributed by atoms with Gasteiger partial charge >= 0.3 is 12.0 Å². The van der Waals surface area contributed by atoms with Crippen molar-refractivity contribution in [1.29, 1.82) is 0 Å². The minimum atomic E-state index is -1.14. The van der Waals surface area contributed by atoms with Gasteiger partial charge in [-0.25, -0.2) is 4.79 Å². The molecule has 0 aromatic heterocycles. The molecule has 1 atom stereocenters. The average molecular weight is 449 g/mol. The van der Waals surface area contributed by atoms with Gasteiger partial charge < -0.3 is 26.4 Å². The van der Waals surface area contributed by atoms with E-state index in [2.05, 4.69) is 10.6 Å². The van der Waals surface area contributed by atoms with E-state index < -0.39 is 23.6 Å². The van der Waals surface area contributed by atoms with Gasteiger partial charge in [-0.05, 0) is 35.2 Å². The molecule has 3 aromatic rings. The molecule has 0 saturated carbocycles. The van der Waals surface area contributed by atoms with Gasteiger partial charge in [-0.15, -0.1) is 0 Å². The molecule has 0 radical (unpaired) electrons. The molecule has 33 heavy (non-hydrogen) atoms. The summed E-state index contributed by atoms with van der Waals surface area (Å²) in [6, 6.07) is 21.1. The molecule has 4 rings (SSSR count). The first-order valence-corrected chi connectivity index (χ1v) is 9.98. The standard InChI is InChI=1S/C15H12N2O2.C9H11NO4/c18-13-15(17-14(19)16-13,11-7-3-1-4-8-11)12-9-5-2-6-10-12;10-6(9(13)14)3-5-1-2-7(11)8(12)4-5/h1-10H,(H2,16,17,18,19);1-2,4,6,11-12H,3,10H2,(H,13,14)/t;6-/m.0/s1. The molecule has 0 bridgehead atoms. The van der Waals surface area contributed by atoms with Crippen LogP contribution in [0.5, 0.6) is 11.5 Å². The number of nitrogens with two attached hydrogens (primary N) is 1. The van der Waals surface area contributed by atoms with Crippen LogP contribution in [0.2, 0.25) is 0 Å². The van der Waals surface area contributed by atoms with E-state index in [1.54, 1.807) is 0 Å². The molecule has 1 saturated heterocycles. The fraction of sp³-hybridized carbons (Fsp3) is 0.125. The summed E-state index contributed by atoms with van der Waals surface area (Å²) in [5, 5.41) is 31.7. The Hall–Kier alpha value is -4.37. The third kappa shape index (κ3) is 5.10. The Morgan fingerprint density at radius 2 is 1.42 bits per heavy atom. The summed E-state index contributed by atoms with van der Waals surface area (Å²) in [7, 11) is 0. The van der Waals surface area contributed by atoms with Crippen LogP contribution in [0.4, 0.5) is 4.79 Å². The maximum absolute atomic E-state index is 12.3. The molecular weight excluding hydrogens is 426 g/mol. The Morgan fingerprint density at radius 3 is 1.85 bits per heavy atom. The van der Waals surface area contributed by atoms with Crippen molar-refractivity contribution in [3.05, 3.63) is 95.6 Å². The first-order chi connectivity index (χ1) is 15.7. The van der Waals surface area contributed by atoms with Crippen LogP contribution in [0.25, 0.3) is 0 Å². The third-order valence-electron chi connectivity index (χ3n) is 5.09. The molecule has 0 aliphatic carbocycles. The van der Waals surface area contributed by atoms with E-state index >= 15 is 0 Å². The number of carboxylic acid groups (broad SMARTS) is 1. The quantitative estimate of drug-likeness (QED) is 0.256. The summed E-state index contributed by atoms with van der Waals surface area (Å²) in [5.74, 6) is -1.97. The van der Waals surface area contributed by atoms with E-state index in [4.69, 9.17) is 21.1 Å². The number of phenolic OH excluding ortho intramolecular Hbond substituents is 2. The third-order valence-corrected chi connectivity index (χ3v) is 5.09. The number of carbonyl (C=O) groups is 3. The molecule has 1 aliphatic heterocycles. The van der Waals surface area contributed by atoms with E-state index in [1.807, 2.05) is 60.7 Å². The Labute approximate surface area is 189 Å². The predicted octanol–water partition coefficient (Wildman–Crippen LogP) is 1.82. The van der Waals surface area contributed by atoms with Crippen LogP contribution < -0.4 is 16.4 Å². The Morgan fingerprint density at radius 1 is 0.879 bits per heavy atom. The van der Waals surface area contributed by atoms with Crippen molar-refractivity contribution in [2.45, 2.75) is 18.0 Å². The number of urea groups is 1. The van der Waals surface area contributed by atoms with Crippen LogP contribution in [0, 0.1) is 0 Å². The van der Waals surface area contributed by atoms with Crippen LogP contribution in [0.1, 0.15) is 16.7 Å². The van der Waals surface area contributed by atoms with E-state index in [0.717, 1.165) is 11.1 Å². The second kappa shape index (κ2) is 9.84. The first-order valence-electron chi connectivity index (χ1n) is 9.98. The molecule has 1 heterocycles. The number of imide groups is 1. The maximum Gasteiger partial charge on any atom is 0.322 e. The van der Waals surface area contributed by atoms with Crippen LogP contribution in [-0.4, -0.2) is 39.3 Å². The highest BCUT2D eigenvalue weighted by Crippen LogP contribution is 2.32. The van der Waals surface area contributed by atoms with Crippen LogP contribution in [-0.2, 0) is 21.5 Å². The number of amides is 3. The number of hydrogen-bond donors (Lipinski definition) is 6. The van der Waals surface area contributed by atoms with Gasteiger partial charge in [0, 0.05) is 0 Å². The van der Waals surface area contributed by atoms with Crippen LogP contribution in [0.3, 0.4) is 0 Å². The van der Waals surface area contributed by atoms with Crippen molar-refractivity contribution < 1.29 is 29.7 Å². The lowest BCUT2D eigenvalue weighted by Crippen LogP contribution is -2.44. The number of carboxylic acids is 1. The Bertz CT molecular complexity index is 1110. The maximum atomic E-state index is 12.3. The number of aromatic hydroxyl groups is 2. The SMILES string of the molecule is N[C@@H](Cc1ccc(O)c(O)c1)C(=O)O.O=C1NC(=O)C(c2ccccc2)(c2ccccc2)N1. The monoisotopic (exact) mass is 449 g/mol. The molecule has 7 N–H and O–H groups in total. The molecule has 9 heteroatoms. The largest absolute Gasteiger partial charge is 0.504 e. The fourth-order valence-corrected chi connectivity index (χ4v) is 3.44. The zero-order valence-corrected chi connectivity index (χ0v) is 17.4. The predicted molar refractivity (Wildman–Crippen MR) is 119 cm³/mol. The molecule has 1 aliphatic rings. The van der Waals surface area contributed by atoms with Crippen molar-refractivity contribution in [3.63, 3.8) is 0 Å². The van der Waals surface area contributed by atoms with Gasteiger partial charge in [-0.1, -0.05) is 66.7 Å². The van der Waals surface area contributed by atoms with Crippen LogP contribution >= 0.6 is 0 Å². The number of benzene rings is 3. The summed E-state index contributed by atoms with van der Waals surface area (Å²) in [5.41, 5.74) is 6.20. The smallest absolute Gasteiger partial charge is 0.322 e. The second-order valence-electron chi connectivity index (χ2n) is 7.36. The van der Waals surface area contributed by atoms with Crippen molar-refractivity contribution >= 4 is 17.9 Å². The zero-order valence-electron chi connectivity index (χ0n) is 17.4. The van der Waals surface area contributed by atoms with Gasteiger partial charge in [0.2, 0.25) is 0 Å². The molecule has 3 aromatic carbocycles. The van der Waals surface area contributed by atoms with Crippen molar-refractivity contribution in [1.82, 2.24) is 10.6 Å². The molecule has 1 fully saturated rings. The normalized spacial score (nSPS) is 14.9. The van der Waals surface area contributed by atoms with Crippen molar-refractivity contribution in [2.75, 3.05) is 0 Å². The zero-order chi connectivity index (χ0) is 24.0. The number of rotatable bonds is 5. The summed E-state index contributed by atoms with van der Waals surface area (Å²) in [4.78, 5) is 34.3.